The number of carbonyl (C=O) groups excluding carboxylic acids is 1. The zero-order valence-electron chi connectivity index (χ0n) is 12.6. The lowest BCUT2D eigenvalue weighted by Gasteiger charge is -2.27. The molecule has 3 unspecified atom stereocenters. The first-order chi connectivity index (χ1) is 10.2. The van der Waals surface area contributed by atoms with Crippen LogP contribution in [0.4, 0.5) is 0 Å². The second kappa shape index (κ2) is 7.40. The van der Waals surface area contributed by atoms with E-state index in [0.29, 0.717) is 50.4 Å². The normalized spacial score (nSPS) is 27.9. The van der Waals surface area contributed by atoms with Crippen LogP contribution in [0.5, 0.6) is 0 Å². The van der Waals surface area contributed by atoms with Crippen molar-refractivity contribution in [3.8, 4) is 12.1 Å². The van der Waals surface area contributed by atoms with Crippen LogP contribution in [-0.2, 0) is 4.79 Å². The first-order valence-electron chi connectivity index (χ1n) is 7.63. The van der Waals surface area contributed by atoms with E-state index >= 15 is 0 Å². The molecular weight excluding hydrogens is 266 g/mol. The minimum atomic E-state index is 0.0419. The molecule has 0 radical (unpaired) electrons. The van der Waals surface area contributed by atoms with E-state index in [-0.39, 0.29) is 5.91 Å². The third-order valence-corrected chi connectivity index (χ3v) is 4.73. The van der Waals surface area contributed by atoms with Crippen LogP contribution in [0, 0.1) is 34.5 Å². The molecule has 2 heterocycles. The van der Waals surface area contributed by atoms with Gasteiger partial charge in [-0.2, -0.15) is 10.5 Å². The summed E-state index contributed by atoms with van der Waals surface area (Å²) in [6.45, 7) is 6.51. The van der Waals surface area contributed by atoms with Gasteiger partial charge in [0.15, 0.2) is 0 Å². The van der Waals surface area contributed by atoms with Crippen LogP contribution in [0.3, 0.4) is 0 Å². The summed E-state index contributed by atoms with van der Waals surface area (Å²) in [6, 6.07) is 4.55. The average molecular weight is 289 g/mol. The first kappa shape index (κ1) is 15.8. The molecule has 0 aliphatic carbocycles. The van der Waals surface area contributed by atoms with Crippen molar-refractivity contribution in [2.24, 2.45) is 11.8 Å². The van der Waals surface area contributed by atoms with Crippen molar-refractivity contribution in [1.29, 1.82) is 10.5 Å². The molecule has 0 aromatic heterocycles. The standard InChI is InChI=1S/C15H23N5O/c1-12-14-9-18-8-13(14)10-20(12)11-15(21)19(6-2-4-16)7-3-5-17/h12-14,18H,2-3,6-11H2,1H3. The molecule has 0 spiro atoms. The van der Waals surface area contributed by atoms with Gasteiger partial charge in [-0.15, -0.1) is 0 Å². The SMILES string of the molecule is CC1C2CNCC2CN1CC(=O)N(CCC#N)CCC#N. The maximum atomic E-state index is 12.4. The Labute approximate surface area is 126 Å². The van der Waals surface area contributed by atoms with Crippen LogP contribution in [0.15, 0.2) is 0 Å². The summed E-state index contributed by atoms with van der Waals surface area (Å²) in [5, 5.41) is 20.8. The summed E-state index contributed by atoms with van der Waals surface area (Å²) in [4.78, 5) is 16.3. The van der Waals surface area contributed by atoms with E-state index in [0.717, 1.165) is 19.6 Å². The quantitative estimate of drug-likeness (QED) is 0.754. The summed E-state index contributed by atoms with van der Waals surface area (Å²) < 4.78 is 0. The fraction of sp³-hybridized carbons (Fsp3) is 0.800. The summed E-state index contributed by atoms with van der Waals surface area (Å²) in [7, 11) is 0. The van der Waals surface area contributed by atoms with Crippen LogP contribution < -0.4 is 5.32 Å². The maximum absolute atomic E-state index is 12.4. The van der Waals surface area contributed by atoms with Gasteiger partial charge in [-0.25, -0.2) is 0 Å². The predicted octanol–water partition coefficient (Wildman–Crippen LogP) is 0.182. The molecule has 21 heavy (non-hydrogen) atoms. The highest BCUT2D eigenvalue weighted by Gasteiger charge is 2.42. The largest absolute Gasteiger partial charge is 0.340 e. The van der Waals surface area contributed by atoms with Gasteiger partial charge in [0, 0.05) is 25.7 Å². The van der Waals surface area contributed by atoms with Gasteiger partial charge >= 0.3 is 0 Å². The number of fused-ring (bicyclic) bond motifs is 1. The highest BCUT2D eigenvalue weighted by Crippen LogP contribution is 2.31. The van der Waals surface area contributed by atoms with Gasteiger partial charge in [-0.3, -0.25) is 9.69 Å². The lowest BCUT2D eigenvalue weighted by molar-refractivity contribution is -0.132. The Morgan fingerprint density at radius 3 is 2.52 bits per heavy atom. The molecule has 1 N–H and O–H groups in total. The number of carbonyl (C=O) groups is 1. The van der Waals surface area contributed by atoms with Crippen LogP contribution >= 0.6 is 0 Å². The van der Waals surface area contributed by atoms with Crippen molar-refractivity contribution in [2.45, 2.75) is 25.8 Å². The van der Waals surface area contributed by atoms with Gasteiger partial charge in [0.2, 0.25) is 5.91 Å². The topological polar surface area (TPSA) is 83.2 Å². The van der Waals surface area contributed by atoms with Crippen LogP contribution in [0.1, 0.15) is 19.8 Å². The zero-order chi connectivity index (χ0) is 15.2. The van der Waals surface area contributed by atoms with Crippen LogP contribution in [0.2, 0.25) is 0 Å². The number of rotatable bonds is 6. The van der Waals surface area contributed by atoms with Gasteiger partial charge in [0.05, 0.1) is 31.5 Å². The molecule has 2 aliphatic heterocycles. The lowest BCUT2D eigenvalue weighted by atomic mass is 9.95. The molecule has 0 saturated carbocycles. The van der Waals surface area contributed by atoms with E-state index in [1.807, 2.05) is 0 Å². The molecule has 6 nitrogen and oxygen atoms in total. The Kier molecular flexibility index (Phi) is 5.55. The smallest absolute Gasteiger partial charge is 0.236 e. The Hall–Kier alpha value is -1.63. The number of amides is 1. The number of hydrogen-bond donors (Lipinski definition) is 1. The molecule has 6 heteroatoms. The molecule has 2 rings (SSSR count). The highest BCUT2D eigenvalue weighted by atomic mass is 16.2. The van der Waals surface area contributed by atoms with E-state index in [9.17, 15) is 4.79 Å². The molecule has 0 aromatic carbocycles. The van der Waals surface area contributed by atoms with E-state index in [1.54, 1.807) is 4.90 Å². The number of nitrogens with one attached hydrogen (secondary N) is 1. The molecule has 0 bridgehead atoms. The predicted molar refractivity (Wildman–Crippen MR) is 77.9 cm³/mol. The third kappa shape index (κ3) is 3.72. The minimum absolute atomic E-state index is 0.0419. The zero-order valence-corrected chi connectivity index (χ0v) is 12.6. The minimum Gasteiger partial charge on any atom is -0.340 e. The molecular formula is C15H23N5O. The van der Waals surface area contributed by atoms with Crippen molar-refractivity contribution in [3.05, 3.63) is 0 Å². The number of nitriles is 2. The van der Waals surface area contributed by atoms with Gasteiger partial charge in [0.1, 0.15) is 0 Å². The number of hydrogen-bond acceptors (Lipinski definition) is 5. The fourth-order valence-electron chi connectivity index (χ4n) is 3.47. The average Bonchev–Trinajstić information content (AvgIpc) is 3.03. The fourth-order valence-corrected chi connectivity index (χ4v) is 3.47. The third-order valence-electron chi connectivity index (χ3n) is 4.73. The summed E-state index contributed by atoms with van der Waals surface area (Å²) in [6.07, 6.45) is 0.643. The van der Waals surface area contributed by atoms with Gasteiger partial charge in [0.25, 0.3) is 0 Å². The molecule has 2 fully saturated rings. The van der Waals surface area contributed by atoms with Crippen molar-refractivity contribution in [1.82, 2.24) is 15.1 Å². The molecule has 1 amide bonds. The molecule has 0 aromatic rings. The Morgan fingerprint density at radius 2 is 1.95 bits per heavy atom. The molecule has 2 aliphatic rings. The molecule has 114 valence electrons. The summed E-state index contributed by atoms with van der Waals surface area (Å²) in [5.41, 5.74) is 0. The maximum Gasteiger partial charge on any atom is 0.236 e. The van der Waals surface area contributed by atoms with Crippen molar-refractivity contribution in [3.63, 3.8) is 0 Å². The Bertz CT molecular complexity index is 434. The van der Waals surface area contributed by atoms with E-state index in [4.69, 9.17) is 10.5 Å². The number of likely N-dealkylation sites (tertiary alicyclic amines) is 1. The second-order valence-corrected chi connectivity index (χ2v) is 5.95. The lowest BCUT2D eigenvalue weighted by Crippen LogP contribution is -2.43. The van der Waals surface area contributed by atoms with Crippen molar-refractivity contribution >= 4 is 5.91 Å². The van der Waals surface area contributed by atoms with E-state index in [1.165, 1.54) is 0 Å². The second-order valence-electron chi connectivity index (χ2n) is 5.95. The van der Waals surface area contributed by atoms with Gasteiger partial charge in [-0.05, 0) is 31.8 Å². The van der Waals surface area contributed by atoms with E-state index < -0.39 is 0 Å². The van der Waals surface area contributed by atoms with Gasteiger partial charge < -0.3 is 10.2 Å². The summed E-state index contributed by atoms with van der Waals surface area (Å²) >= 11 is 0. The van der Waals surface area contributed by atoms with Crippen molar-refractivity contribution < 1.29 is 4.79 Å². The molecule has 2 saturated heterocycles. The van der Waals surface area contributed by atoms with Gasteiger partial charge in [-0.1, -0.05) is 0 Å². The number of nitrogens with zero attached hydrogens (tertiary/aromatic N) is 4. The van der Waals surface area contributed by atoms with Crippen LogP contribution in [-0.4, -0.2) is 61.0 Å². The van der Waals surface area contributed by atoms with E-state index in [2.05, 4.69) is 29.3 Å². The highest BCUT2D eigenvalue weighted by molar-refractivity contribution is 5.78. The first-order valence-corrected chi connectivity index (χ1v) is 7.63. The molecule has 3 atom stereocenters. The monoisotopic (exact) mass is 289 g/mol. The van der Waals surface area contributed by atoms with Crippen molar-refractivity contribution in [2.75, 3.05) is 39.3 Å². The Balaban J connectivity index is 1.89. The van der Waals surface area contributed by atoms with Crippen LogP contribution in [0.25, 0.3) is 0 Å². The Morgan fingerprint density at radius 1 is 1.29 bits per heavy atom. The summed E-state index contributed by atoms with van der Waals surface area (Å²) in [5.74, 6) is 1.34.